The molecule has 4 nitrogen and oxygen atoms in total. The van der Waals surface area contributed by atoms with Crippen LogP contribution in [0.15, 0.2) is 18.2 Å². The van der Waals surface area contributed by atoms with E-state index in [4.69, 9.17) is 0 Å². The fourth-order valence-corrected chi connectivity index (χ4v) is 2.83. The van der Waals surface area contributed by atoms with Gasteiger partial charge in [0.25, 0.3) is 0 Å². The van der Waals surface area contributed by atoms with Gasteiger partial charge in [0, 0.05) is 30.8 Å². The molecule has 0 spiro atoms. The summed E-state index contributed by atoms with van der Waals surface area (Å²) >= 11 is 0. The highest BCUT2D eigenvalue weighted by Crippen LogP contribution is 2.31. The standard InChI is InChI=1S/C19H28N2O2/c1-4-5-6-18(22)20-16-8-9-17-15(13-16)7-10-19(23)21(17)12-11-14(2)3/h8-9,13-14H,4-7,10-12H2,1-3H3,(H,20,22). The van der Waals surface area contributed by atoms with Gasteiger partial charge in [0.1, 0.15) is 0 Å². The smallest absolute Gasteiger partial charge is 0.227 e. The Hall–Kier alpha value is -1.84. The summed E-state index contributed by atoms with van der Waals surface area (Å²) in [5.41, 5.74) is 3.00. The lowest BCUT2D eigenvalue weighted by Crippen LogP contribution is -2.36. The molecule has 4 heteroatoms. The van der Waals surface area contributed by atoms with E-state index in [0.717, 1.165) is 49.2 Å². The van der Waals surface area contributed by atoms with Crippen LogP contribution in [-0.4, -0.2) is 18.4 Å². The lowest BCUT2D eigenvalue weighted by molar-refractivity contribution is -0.119. The molecule has 1 N–H and O–H groups in total. The van der Waals surface area contributed by atoms with E-state index in [0.29, 0.717) is 18.8 Å². The number of unbranched alkanes of at least 4 members (excludes halogenated alkanes) is 1. The van der Waals surface area contributed by atoms with Crippen LogP contribution in [0.25, 0.3) is 0 Å². The largest absolute Gasteiger partial charge is 0.326 e. The molecule has 0 aliphatic carbocycles. The monoisotopic (exact) mass is 316 g/mol. The first-order valence-electron chi connectivity index (χ1n) is 8.74. The SMILES string of the molecule is CCCCC(=O)Nc1ccc2c(c1)CCC(=O)N2CCC(C)C. The first kappa shape index (κ1) is 17.5. The summed E-state index contributed by atoms with van der Waals surface area (Å²) in [4.78, 5) is 26.0. The average Bonchev–Trinajstić information content (AvgIpc) is 2.52. The molecule has 2 amide bonds. The van der Waals surface area contributed by atoms with E-state index in [-0.39, 0.29) is 11.8 Å². The van der Waals surface area contributed by atoms with Crippen molar-refractivity contribution in [3.8, 4) is 0 Å². The summed E-state index contributed by atoms with van der Waals surface area (Å²) in [7, 11) is 0. The Morgan fingerprint density at radius 2 is 2.09 bits per heavy atom. The molecule has 126 valence electrons. The van der Waals surface area contributed by atoms with Crippen molar-refractivity contribution in [2.24, 2.45) is 5.92 Å². The minimum absolute atomic E-state index is 0.0651. The molecule has 0 fully saturated rings. The number of benzene rings is 1. The number of carbonyl (C=O) groups excluding carboxylic acids is 2. The quantitative estimate of drug-likeness (QED) is 0.822. The number of hydrogen-bond acceptors (Lipinski definition) is 2. The van der Waals surface area contributed by atoms with Gasteiger partial charge in [0.05, 0.1) is 0 Å². The van der Waals surface area contributed by atoms with Gasteiger partial charge in [-0.25, -0.2) is 0 Å². The summed E-state index contributed by atoms with van der Waals surface area (Å²) < 4.78 is 0. The van der Waals surface area contributed by atoms with Crippen molar-refractivity contribution in [2.45, 2.75) is 59.3 Å². The number of nitrogens with zero attached hydrogens (tertiary/aromatic N) is 1. The number of anilines is 2. The second kappa shape index (κ2) is 8.14. The molecule has 1 aliphatic heterocycles. The minimum Gasteiger partial charge on any atom is -0.326 e. The lowest BCUT2D eigenvalue weighted by atomic mass is 9.99. The van der Waals surface area contributed by atoms with Crippen LogP contribution in [0.5, 0.6) is 0 Å². The Morgan fingerprint density at radius 1 is 1.30 bits per heavy atom. The summed E-state index contributed by atoms with van der Waals surface area (Å²) in [6.45, 7) is 7.19. The molecule has 0 bridgehead atoms. The van der Waals surface area contributed by atoms with Gasteiger partial charge in [-0.1, -0.05) is 27.2 Å². The Balaban J connectivity index is 2.10. The van der Waals surface area contributed by atoms with E-state index in [1.807, 2.05) is 23.1 Å². The summed E-state index contributed by atoms with van der Waals surface area (Å²) in [6, 6.07) is 5.90. The van der Waals surface area contributed by atoms with Crippen LogP contribution in [0.2, 0.25) is 0 Å². The second-order valence-electron chi connectivity index (χ2n) is 6.72. The molecule has 0 saturated carbocycles. The van der Waals surface area contributed by atoms with Crippen LogP contribution in [0.1, 0.15) is 58.4 Å². The Morgan fingerprint density at radius 3 is 2.78 bits per heavy atom. The van der Waals surface area contributed by atoms with E-state index < -0.39 is 0 Å². The van der Waals surface area contributed by atoms with Gasteiger partial charge >= 0.3 is 0 Å². The molecule has 0 unspecified atom stereocenters. The molecular weight excluding hydrogens is 288 g/mol. The third-order valence-corrected chi connectivity index (χ3v) is 4.25. The predicted molar refractivity (Wildman–Crippen MR) is 94.7 cm³/mol. The Kier molecular flexibility index (Phi) is 6.20. The van der Waals surface area contributed by atoms with Crippen molar-refractivity contribution in [3.05, 3.63) is 23.8 Å². The first-order chi connectivity index (χ1) is 11.0. The van der Waals surface area contributed by atoms with Gasteiger partial charge in [-0.05, 0) is 48.9 Å². The van der Waals surface area contributed by atoms with Crippen LogP contribution in [0.3, 0.4) is 0 Å². The number of fused-ring (bicyclic) bond motifs is 1. The minimum atomic E-state index is 0.0651. The first-order valence-corrected chi connectivity index (χ1v) is 8.74. The van der Waals surface area contributed by atoms with Crippen LogP contribution in [-0.2, 0) is 16.0 Å². The Bertz CT molecular complexity index is 566. The zero-order valence-corrected chi connectivity index (χ0v) is 14.5. The van der Waals surface area contributed by atoms with Gasteiger partial charge in [-0.3, -0.25) is 9.59 Å². The van der Waals surface area contributed by atoms with E-state index in [9.17, 15) is 9.59 Å². The highest BCUT2D eigenvalue weighted by Gasteiger charge is 2.24. The molecule has 23 heavy (non-hydrogen) atoms. The van der Waals surface area contributed by atoms with Gasteiger partial charge in [-0.2, -0.15) is 0 Å². The molecule has 0 aromatic heterocycles. The molecule has 0 atom stereocenters. The van der Waals surface area contributed by atoms with E-state index in [1.54, 1.807) is 0 Å². The molecule has 0 radical (unpaired) electrons. The van der Waals surface area contributed by atoms with Crippen molar-refractivity contribution in [1.82, 2.24) is 0 Å². The van der Waals surface area contributed by atoms with Crippen molar-refractivity contribution in [3.63, 3.8) is 0 Å². The number of hydrogen-bond donors (Lipinski definition) is 1. The van der Waals surface area contributed by atoms with E-state index in [1.165, 1.54) is 0 Å². The lowest BCUT2D eigenvalue weighted by Gasteiger charge is -2.30. The zero-order chi connectivity index (χ0) is 16.8. The molecular formula is C19H28N2O2. The predicted octanol–water partition coefficient (Wildman–Crippen LogP) is 4.14. The van der Waals surface area contributed by atoms with Crippen molar-refractivity contribution in [2.75, 3.05) is 16.8 Å². The van der Waals surface area contributed by atoms with Crippen molar-refractivity contribution in [1.29, 1.82) is 0 Å². The average molecular weight is 316 g/mol. The Labute approximate surface area is 139 Å². The molecule has 0 saturated heterocycles. The molecule has 1 heterocycles. The van der Waals surface area contributed by atoms with Gasteiger partial charge in [-0.15, -0.1) is 0 Å². The topological polar surface area (TPSA) is 49.4 Å². The molecule has 2 rings (SSSR count). The van der Waals surface area contributed by atoms with Crippen LogP contribution in [0, 0.1) is 5.92 Å². The fraction of sp³-hybridized carbons (Fsp3) is 0.579. The van der Waals surface area contributed by atoms with E-state index >= 15 is 0 Å². The third kappa shape index (κ3) is 4.81. The van der Waals surface area contributed by atoms with Crippen LogP contribution in [0.4, 0.5) is 11.4 Å². The maximum atomic E-state index is 12.2. The highest BCUT2D eigenvalue weighted by molar-refractivity contribution is 5.97. The number of amides is 2. The highest BCUT2D eigenvalue weighted by atomic mass is 16.2. The molecule has 1 aromatic carbocycles. The van der Waals surface area contributed by atoms with Crippen LogP contribution < -0.4 is 10.2 Å². The van der Waals surface area contributed by atoms with Gasteiger partial charge in [0.2, 0.25) is 11.8 Å². The van der Waals surface area contributed by atoms with Crippen LogP contribution >= 0.6 is 0 Å². The number of carbonyl (C=O) groups is 2. The number of nitrogens with one attached hydrogen (secondary N) is 1. The maximum Gasteiger partial charge on any atom is 0.227 e. The molecule has 1 aliphatic rings. The van der Waals surface area contributed by atoms with Crippen molar-refractivity contribution < 1.29 is 9.59 Å². The van der Waals surface area contributed by atoms with Gasteiger partial charge < -0.3 is 10.2 Å². The third-order valence-electron chi connectivity index (χ3n) is 4.25. The summed E-state index contributed by atoms with van der Waals surface area (Å²) in [5, 5.41) is 2.96. The summed E-state index contributed by atoms with van der Waals surface area (Å²) in [6.07, 6.45) is 4.80. The second-order valence-corrected chi connectivity index (χ2v) is 6.72. The molecule has 1 aromatic rings. The summed E-state index contributed by atoms with van der Waals surface area (Å²) in [5.74, 6) is 0.846. The normalized spacial score (nSPS) is 14.1. The zero-order valence-electron chi connectivity index (χ0n) is 14.5. The van der Waals surface area contributed by atoms with E-state index in [2.05, 4.69) is 26.1 Å². The number of aryl methyl sites for hydroxylation is 1. The number of rotatable bonds is 7. The van der Waals surface area contributed by atoms with Crippen molar-refractivity contribution >= 4 is 23.2 Å². The van der Waals surface area contributed by atoms with Gasteiger partial charge in [0.15, 0.2) is 0 Å². The maximum absolute atomic E-state index is 12.2. The fourth-order valence-electron chi connectivity index (χ4n) is 2.83.